The molecule has 0 saturated heterocycles. The minimum Gasteiger partial charge on any atom is -0.331 e. The molecule has 3 rings (SSSR count). The average Bonchev–Trinajstić information content (AvgIpc) is 2.69. The molecule has 2 aromatic rings. The maximum absolute atomic E-state index is 9.55. The molecule has 1 aromatic carbocycles. The highest BCUT2D eigenvalue weighted by atomic mass is 15.0. The van der Waals surface area contributed by atoms with Crippen molar-refractivity contribution in [3.8, 4) is 6.07 Å². The molecule has 1 unspecified atom stereocenters. The summed E-state index contributed by atoms with van der Waals surface area (Å²) >= 11 is 0. The van der Waals surface area contributed by atoms with Gasteiger partial charge in [0, 0.05) is 7.05 Å². The highest BCUT2D eigenvalue weighted by Gasteiger charge is 2.44. The second kappa shape index (κ2) is 4.60. The van der Waals surface area contributed by atoms with Crippen molar-refractivity contribution in [1.82, 2.24) is 14.9 Å². The van der Waals surface area contributed by atoms with E-state index in [1.54, 1.807) is 0 Å². The molecule has 1 atom stereocenters. The molecule has 0 amide bonds. The van der Waals surface area contributed by atoms with Crippen molar-refractivity contribution in [2.75, 3.05) is 7.05 Å². The summed E-state index contributed by atoms with van der Waals surface area (Å²) in [7, 11) is 3.97. The number of imidazole rings is 1. The van der Waals surface area contributed by atoms with Gasteiger partial charge in [-0.25, -0.2) is 4.98 Å². The van der Waals surface area contributed by atoms with Gasteiger partial charge in [0.25, 0.3) is 0 Å². The van der Waals surface area contributed by atoms with E-state index in [9.17, 15) is 5.26 Å². The highest BCUT2D eigenvalue weighted by molar-refractivity contribution is 5.77. The lowest BCUT2D eigenvalue weighted by Gasteiger charge is -2.42. The molecular weight excluding hydrogens is 248 g/mol. The van der Waals surface area contributed by atoms with Crippen LogP contribution >= 0.6 is 0 Å². The Morgan fingerprint density at radius 1 is 1.45 bits per heavy atom. The van der Waals surface area contributed by atoms with Crippen molar-refractivity contribution < 1.29 is 0 Å². The van der Waals surface area contributed by atoms with Gasteiger partial charge in [0.15, 0.2) is 0 Å². The fourth-order valence-electron chi connectivity index (χ4n) is 3.30. The Morgan fingerprint density at radius 3 is 2.75 bits per heavy atom. The Balaban J connectivity index is 2.07. The largest absolute Gasteiger partial charge is 0.331 e. The molecule has 0 radical (unpaired) electrons. The van der Waals surface area contributed by atoms with Crippen molar-refractivity contribution in [2.24, 2.45) is 12.5 Å². The third kappa shape index (κ3) is 1.74. The fraction of sp³-hybridized carbons (Fsp3) is 0.500. The Bertz CT molecular complexity index is 688. The summed E-state index contributed by atoms with van der Waals surface area (Å²) in [5, 5.41) is 12.9. The molecular formula is C16H20N4. The normalized spacial score (nSPS) is 18.5. The average molecular weight is 268 g/mol. The second-order valence-electron chi connectivity index (χ2n) is 5.81. The number of aromatic nitrogens is 2. The van der Waals surface area contributed by atoms with Crippen LogP contribution in [-0.2, 0) is 7.05 Å². The summed E-state index contributed by atoms with van der Waals surface area (Å²) in [6.45, 7) is 2.01. The summed E-state index contributed by atoms with van der Waals surface area (Å²) < 4.78 is 2.09. The standard InChI is InChI=1S/C16H20N4/c1-11-19-13-9-12(5-6-14(13)20(11)3)15(18-2)16(10-17)7-4-8-16/h5-6,9,15,18H,4,7-8H2,1-3H3. The molecule has 1 aliphatic carbocycles. The molecule has 1 aromatic heterocycles. The van der Waals surface area contributed by atoms with Crippen molar-refractivity contribution >= 4 is 11.0 Å². The molecule has 0 aliphatic heterocycles. The van der Waals surface area contributed by atoms with Crippen molar-refractivity contribution in [2.45, 2.75) is 32.2 Å². The number of rotatable bonds is 3. The van der Waals surface area contributed by atoms with Crippen LogP contribution in [0.15, 0.2) is 18.2 Å². The van der Waals surface area contributed by atoms with Gasteiger partial charge in [-0.1, -0.05) is 12.5 Å². The molecule has 0 spiro atoms. The van der Waals surface area contributed by atoms with Gasteiger partial charge < -0.3 is 9.88 Å². The summed E-state index contributed by atoms with van der Waals surface area (Å²) in [6, 6.07) is 8.99. The number of hydrogen-bond donors (Lipinski definition) is 1. The lowest BCUT2D eigenvalue weighted by molar-refractivity contribution is 0.149. The van der Waals surface area contributed by atoms with E-state index in [2.05, 4.69) is 39.1 Å². The lowest BCUT2D eigenvalue weighted by atomic mass is 9.63. The molecule has 1 heterocycles. The van der Waals surface area contributed by atoms with Crippen LogP contribution in [0.1, 0.15) is 36.7 Å². The lowest BCUT2D eigenvalue weighted by Crippen LogP contribution is -2.40. The Morgan fingerprint density at radius 2 is 2.20 bits per heavy atom. The molecule has 104 valence electrons. The maximum atomic E-state index is 9.55. The Kier molecular flexibility index (Phi) is 3.02. The van der Waals surface area contributed by atoms with Crippen LogP contribution in [-0.4, -0.2) is 16.6 Å². The van der Waals surface area contributed by atoms with Gasteiger partial charge in [-0.15, -0.1) is 0 Å². The van der Waals surface area contributed by atoms with E-state index in [4.69, 9.17) is 0 Å². The molecule has 0 bridgehead atoms. The van der Waals surface area contributed by atoms with Gasteiger partial charge in [0.05, 0.1) is 28.6 Å². The second-order valence-corrected chi connectivity index (χ2v) is 5.81. The summed E-state index contributed by atoms with van der Waals surface area (Å²) in [5.41, 5.74) is 3.07. The zero-order valence-corrected chi connectivity index (χ0v) is 12.3. The zero-order chi connectivity index (χ0) is 14.3. The first-order valence-electron chi connectivity index (χ1n) is 7.13. The van der Waals surface area contributed by atoms with E-state index < -0.39 is 0 Å². The predicted molar refractivity (Wildman–Crippen MR) is 79.1 cm³/mol. The maximum Gasteiger partial charge on any atom is 0.106 e. The SMILES string of the molecule is CNC(c1ccc2c(c1)nc(C)n2C)C1(C#N)CCC1. The van der Waals surface area contributed by atoms with Crippen LogP contribution in [0.25, 0.3) is 11.0 Å². The molecule has 1 saturated carbocycles. The van der Waals surface area contributed by atoms with Gasteiger partial charge in [0.2, 0.25) is 0 Å². The van der Waals surface area contributed by atoms with Crippen molar-refractivity contribution in [3.05, 3.63) is 29.6 Å². The Labute approximate surface area is 119 Å². The third-order valence-electron chi connectivity index (χ3n) is 4.77. The monoisotopic (exact) mass is 268 g/mol. The molecule has 1 aliphatic rings. The topological polar surface area (TPSA) is 53.6 Å². The smallest absolute Gasteiger partial charge is 0.106 e. The molecule has 4 heteroatoms. The Hall–Kier alpha value is -1.86. The number of nitriles is 1. The molecule has 1 N–H and O–H groups in total. The number of hydrogen-bond acceptors (Lipinski definition) is 3. The first-order valence-corrected chi connectivity index (χ1v) is 7.13. The van der Waals surface area contributed by atoms with E-state index in [1.165, 1.54) is 5.56 Å². The van der Waals surface area contributed by atoms with E-state index in [1.807, 2.05) is 21.0 Å². The number of aryl methyl sites for hydroxylation is 2. The molecule has 4 nitrogen and oxygen atoms in total. The van der Waals surface area contributed by atoms with Crippen LogP contribution in [0, 0.1) is 23.7 Å². The van der Waals surface area contributed by atoms with Gasteiger partial charge in [0.1, 0.15) is 5.82 Å². The van der Waals surface area contributed by atoms with Crippen LogP contribution in [0.2, 0.25) is 0 Å². The van der Waals surface area contributed by atoms with Gasteiger partial charge in [-0.3, -0.25) is 0 Å². The highest BCUT2D eigenvalue weighted by Crippen LogP contribution is 2.49. The van der Waals surface area contributed by atoms with E-state index in [-0.39, 0.29) is 11.5 Å². The summed E-state index contributed by atoms with van der Waals surface area (Å²) in [4.78, 5) is 4.59. The quantitative estimate of drug-likeness (QED) is 0.931. The van der Waals surface area contributed by atoms with E-state index in [0.717, 1.165) is 36.1 Å². The van der Waals surface area contributed by atoms with E-state index in [0.29, 0.717) is 0 Å². The fourth-order valence-corrected chi connectivity index (χ4v) is 3.30. The summed E-state index contributed by atoms with van der Waals surface area (Å²) in [6.07, 6.45) is 3.11. The van der Waals surface area contributed by atoms with Crippen LogP contribution < -0.4 is 5.32 Å². The van der Waals surface area contributed by atoms with Crippen LogP contribution in [0.3, 0.4) is 0 Å². The third-order valence-corrected chi connectivity index (χ3v) is 4.77. The van der Waals surface area contributed by atoms with Crippen molar-refractivity contribution in [3.63, 3.8) is 0 Å². The van der Waals surface area contributed by atoms with E-state index >= 15 is 0 Å². The van der Waals surface area contributed by atoms with Crippen molar-refractivity contribution in [1.29, 1.82) is 5.26 Å². The minimum absolute atomic E-state index is 0.0907. The summed E-state index contributed by atoms with van der Waals surface area (Å²) in [5.74, 6) is 1.01. The predicted octanol–water partition coefficient (Wildman–Crippen LogP) is 2.84. The van der Waals surface area contributed by atoms with Crippen LogP contribution in [0.5, 0.6) is 0 Å². The number of fused-ring (bicyclic) bond motifs is 1. The number of nitrogens with one attached hydrogen (secondary N) is 1. The first-order chi connectivity index (χ1) is 9.61. The van der Waals surface area contributed by atoms with Gasteiger partial charge in [-0.05, 0) is 44.5 Å². The molecule has 20 heavy (non-hydrogen) atoms. The van der Waals surface area contributed by atoms with Gasteiger partial charge >= 0.3 is 0 Å². The molecule has 1 fully saturated rings. The van der Waals surface area contributed by atoms with Gasteiger partial charge in [-0.2, -0.15) is 5.26 Å². The number of benzene rings is 1. The van der Waals surface area contributed by atoms with Crippen LogP contribution in [0.4, 0.5) is 0 Å². The zero-order valence-electron chi connectivity index (χ0n) is 12.3. The number of nitrogens with zero attached hydrogens (tertiary/aromatic N) is 3. The minimum atomic E-state index is -0.244. The first kappa shape index (κ1) is 13.1.